The molecule has 0 bridgehead atoms. The summed E-state index contributed by atoms with van der Waals surface area (Å²) in [5, 5.41) is 13.7. The van der Waals surface area contributed by atoms with E-state index in [-0.39, 0.29) is 6.42 Å². The van der Waals surface area contributed by atoms with Gasteiger partial charge in [-0.15, -0.1) is 0 Å². The molecule has 0 aliphatic carbocycles. The molecule has 6 heteroatoms. The van der Waals surface area contributed by atoms with Gasteiger partial charge in [-0.3, -0.25) is 4.79 Å². The smallest absolute Gasteiger partial charge is 0.303 e. The Bertz CT molecular complexity index is 856. The molecule has 0 fully saturated rings. The van der Waals surface area contributed by atoms with E-state index in [9.17, 15) is 4.79 Å². The van der Waals surface area contributed by atoms with E-state index in [4.69, 9.17) is 5.11 Å². The van der Waals surface area contributed by atoms with Crippen LogP contribution in [0.4, 0.5) is 0 Å². The molecule has 0 unspecified atom stereocenters. The first-order valence-corrected chi connectivity index (χ1v) is 8.94. The summed E-state index contributed by atoms with van der Waals surface area (Å²) in [5.41, 5.74) is 3.63. The minimum absolute atomic E-state index is 0.0789. The van der Waals surface area contributed by atoms with Gasteiger partial charge in [-0.05, 0) is 48.4 Å². The lowest BCUT2D eigenvalue weighted by molar-refractivity contribution is -0.136. The summed E-state index contributed by atoms with van der Waals surface area (Å²) in [6.45, 7) is 0. The first-order valence-electron chi connectivity index (χ1n) is 7.35. The highest BCUT2D eigenvalue weighted by atomic mass is 79.9. The summed E-state index contributed by atoms with van der Waals surface area (Å²) >= 11 is 6.85. The Kier molecular flexibility index (Phi) is 5.16. The van der Waals surface area contributed by atoms with Gasteiger partial charge in [0.25, 0.3) is 0 Å². The van der Waals surface area contributed by atoms with Crippen molar-refractivity contribution < 1.29 is 9.90 Å². The van der Waals surface area contributed by atoms with Crippen LogP contribution < -0.4 is 0 Å². The third-order valence-corrected chi connectivity index (χ3v) is 4.66. The molecular weight excluding hydrogens is 436 g/mol. The Morgan fingerprint density at radius 2 is 1.58 bits per heavy atom. The van der Waals surface area contributed by atoms with Gasteiger partial charge in [0.05, 0.1) is 11.4 Å². The largest absolute Gasteiger partial charge is 0.481 e. The fraction of sp³-hybridized carbons (Fsp3) is 0.111. The number of carboxylic acids is 1. The Balaban J connectivity index is 2.02. The Hall–Kier alpha value is -1.92. The Morgan fingerprint density at radius 3 is 2.17 bits per heavy atom. The van der Waals surface area contributed by atoms with Crippen molar-refractivity contribution in [1.29, 1.82) is 0 Å². The first kappa shape index (κ1) is 16.9. The van der Waals surface area contributed by atoms with Crippen molar-refractivity contribution in [2.24, 2.45) is 0 Å². The van der Waals surface area contributed by atoms with Crippen molar-refractivity contribution in [3.8, 4) is 16.9 Å². The van der Waals surface area contributed by atoms with Gasteiger partial charge in [0.2, 0.25) is 0 Å². The van der Waals surface area contributed by atoms with E-state index in [1.54, 1.807) is 4.68 Å². The van der Waals surface area contributed by atoms with Crippen LogP contribution in [0.1, 0.15) is 12.0 Å². The molecule has 0 aliphatic heterocycles. The van der Waals surface area contributed by atoms with Crippen molar-refractivity contribution in [2.75, 3.05) is 0 Å². The highest BCUT2D eigenvalue weighted by Gasteiger charge is 2.13. The monoisotopic (exact) mass is 448 g/mol. The molecule has 3 aromatic rings. The standard InChI is InChI=1S/C18H14Br2N2O2/c19-14-4-1-12(2-5-14)18-13(3-10-17(23)24)11-22(21-18)16-8-6-15(20)7-9-16/h1-2,4-9,11H,3,10H2,(H,23,24). The Morgan fingerprint density at radius 1 is 1.00 bits per heavy atom. The van der Waals surface area contributed by atoms with Crippen LogP contribution in [0, 0.1) is 0 Å². The van der Waals surface area contributed by atoms with E-state index in [0.717, 1.165) is 31.5 Å². The van der Waals surface area contributed by atoms with Gasteiger partial charge < -0.3 is 5.11 Å². The van der Waals surface area contributed by atoms with E-state index in [2.05, 4.69) is 37.0 Å². The molecule has 0 saturated carbocycles. The van der Waals surface area contributed by atoms with Crippen molar-refractivity contribution in [1.82, 2.24) is 9.78 Å². The van der Waals surface area contributed by atoms with Gasteiger partial charge in [0.15, 0.2) is 0 Å². The lowest BCUT2D eigenvalue weighted by Crippen LogP contribution is -1.97. The van der Waals surface area contributed by atoms with Crippen LogP contribution in [0.15, 0.2) is 63.7 Å². The number of halogens is 2. The Labute approximate surface area is 156 Å². The molecule has 0 amide bonds. The predicted molar refractivity (Wildman–Crippen MR) is 100 cm³/mol. The number of hydrogen-bond acceptors (Lipinski definition) is 2. The van der Waals surface area contributed by atoms with Crippen LogP contribution in [-0.4, -0.2) is 20.9 Å². The third kappa shape index (κ3) is 3.94. The molecule has 3 rings (SSSR count). The summed E-state index contributed by atoms with van der Waals surface area (Å²) in [7, 11) is 0. The summed E-state index contributed by atoms with van der Waals surface area (Å²) in [6.07, 6.45) is 2.43. The van der Waals surface area contributed by atoms with Crippen LogP contribution in [0.3, 0.4) is 0 Å². The highest BCUT2D eigenvalue weighted by molar-refractivity contribution is 9.10. The SMILES string of the molecule is O=C(O)CCc1cn(-c2ccc(Br)cc2)nc1-c1ccc(Br)cc1. The second-order valence-corrected chi connectivity index (χ2v) is 7.16. The van der Waals surface area contributed by atoms with Crippen molar-refractivity contribution in [3.63, 3.8) is 0 Å². The number of aromatic nitrogens is 2. The molecular formula is C18H14Br2N2O2. The fourth-order valence-corrected chi connectivity index (χ4v) is 2.94. The van der Waals surface area contributed by atoms with Gasteiger partial charge in [0, 0.05) is 27.1 Å². The molecule has 0 radical (unpaired) electrons. The zero-order valence-electron chi connectivity index (χ0n) is 12.6. The molecule has 0 atom stereocenters. The third-order valence-electron chi connectivity index (χ3n) is 3.61. The summed E-state index contributed by atoms with van der Waals surface area (Å²) in [4.78, 5) is 10.9. The van der Waals surface area contributed by atoms with E-state index in [1.807, 2.05) is 54.7 Å². The van der Waals surface area contributed by atoms with E-state index < -0.39 is 5.97 Å². The number of nitrogens with zero attached hydrogens (tertiary/aromatic N) is 2. The number of aliphatic carboxylic acids is 1. The second kappa shape index (κ2) is 7.32. The van der Waals surface area contributed by atoms with Crippen molar-refractivity contribution >= 4 is 37.8 Å². The van der Waals surface area contributed by atoms with Crippen LogP contribution in [-0.2, 0) is 11.2 Å². The van der Waals surface area contributed by atoms with Crippen LogP contribution in [0.25, 0.3) is 16.9 Å². The molecule has 1 heterocycles. The maximum Gasteiger partial charge on any atom is 0.303 e. The predicted octanol–water partition coefficient (Wildman–Crippen LogP) is 5.08. The summed E-state index contributed by atoms with van der Waals surface area (Å²) < 4.78 is 3.78. The van der Waals surface area contributed by atoms with Crippen LogP contribution >= 0.6 is 31.9 Å². The molecule has 0 aliphatic rings. The molecule has 24 heavy (non-hydrogen) atoms. The van der Waals surface area contributed by atoms with Gasteiger partial charge >= 0.3 is 5.97 Å². The summed E-state index contributed by atoms with van der Waals surface area (Å²) in [5.74, 6) is -0.812. The van der Waals surface area contributed by atoms with Gasteiger partial charge in [-0.25, -0.2) is 4.68 Å². The number of rotatable bonds is 5. The topological polar surface area (TPSA) is 55.1 Å². The average molecular weight is 450 g/mol. The molecule has 0 saturated heterocycles. The summed E-state index contributed by atoms with van der Waals surface area (Å²) in [6, 6.07) is 15.7. The molecule has 0 spiro atoms. The maximum atomic E-state index is 10.9. The molecule has 1 aromatic heterocycles. The number of aryl methyl sites for hydroxylation is 1. The highest BCUT2D eigenvalue weighted by Crippen LogP contribution is 2.26. The molecule has 4 nitrogen and oxygen atoms in total. The van der Waals surface area contributed by atoms with Gasteiger partial charge in [-0.1, -0.05) is 44.0 Å². The van der Waals surface area contributed by atoms with Crippen molar-refractivity contribution in [3.05, 3.63) is 69.2 Å². The minimum Gasteiger partial charge on any atom is -0.481 e. The fourth-order valence-electron chi connectivity index (χ4n) is 2.41. The van der Waals surface area contributed by atoms with Crippen LogP contribution in [0.2, 0.25) is 0 Å². The quantitative estimate of drug-likeness (QED) is 0.590. The number of benzene rings is 2. The van der Waals surface area contributed by atoms with Crippen molar-refractivity contribution in [2.45, 2.75) is 12.8 Å². The maximum absolute atomic E-state index is 10.9. The minimum atomic E-state index is -0.812. The molecule has 1 N–H and O–H groups in total. The van der Waals surface area contributed by atoms with E-state index >= 15 is 0 Å². The number of hydrogen-bond donors (Lipinski definition) is 1. The number of carboxylic acid groups (broad SMARTS) is 1. The lowest BCUT2D eigenvalue weighted by atomic mass is 10.0. The average Bonchev–Trinajstić information content (AvgIpc) is 2.98. The molecule has 122 valence electrons. The number of carbonyl (C=O) groups is 1. The van der Waals surface area contributed by atoms with E-state index in [0.29, 0.717) is 6.42 Å². The zero-order chi connectivity index (χ0) is 17.1. The van der Waals surface area contributed by atoms with Gasteiger partial charge in [-0.2, -0.15) is 5.10 Å². The molecule has 2 aromatic carbocycles. The second-order valence-electron chi connectivity index (χ2n) is 5.32. The van der Waals surface area contributed by atoms with Gasteiger partial charge in [0.1, 0.15) is 0 Å². The normalized spacial score (nSPS) is 10.8. The van der Waals surface area contributed by atoms with Crippen LogP contribution in [0.5, 0.6) is 0 Å². The lowest BCUT2D eigenvalue weighted by Gasteiger charge is -2.02. The van der Waals surface area contributed by atoms with E-state index in [1.165, 1.54) is 0 Å². The zero-order valence-corrected chi connectivity index (χ0v) is 15.8. The first-order chi connectivity index (χ1) is 11.5.